The van der Waals surface area contributed by atoms with Gasteiger partial charge in [-0.05, 0) is 44.4 Å². The summed E-state index contributed by atoms with van der Waals surface area (Å²) in [4.78, 5) is 32.7. The number of hydrogen-bond donors (Lipinski definition) is 1. The first kappa shape index (κ1) is 20.1. The monoisotopic (exact) mass is 430 g/mol. The van der Waals surface area contributed by atoms with Gasteiger partial charge in [-0.25, -0.2) is 4.98 Å². The summed E-state index contributed by atoms with van der Waals surface area (Å²) in [5.74, 6) is 0.275. The van der Waals surface area contributed by atoms with Crippen molar-refractivity contribution in [3.8, 4) is 0 Å². The van der Waals surface area contributed by atoms with Crippen LogP contribution < -0.4 is 10.9 Å². The minimum atomic E-state index is -0.223. The van der Waals surface area contributed by atoms with Crippen LogP contribution in [0.2, 0.25) is 0 Å². The molecule has 4 rings (SSSR count). The Balaban J connectivity index is 1.73. The first-order valence-electron chi connectivity index (χ1n) is 9.61. The Morgan fingerprint density at radius 3 is 2.97 bits per heavy atom. The summed E-state index contributed by atoms with van der Waals surface area (Å²) in [7, 11) is 0. The Morgan fingerprint density at radius 1 is 1.41 bits per heavy atom. The van der Waals surface area contributed by atoms with Gasteiger partial charge in [0, 0.05) is 19.3 Å². The summed E-state index contributed by atoms with van der Waals surface area (Å²) in [6.07, 6.45) is 5.30. The highest BCUT2D eigenvalue weighted by Gasteiger charge is 2.35. The van der Waals surface area contributed by atoms with Crippen LogP contribution in [0.5, 0.6) is 0 Å². The van der Waals surface area contributed by atoms with Gasteiger partial charge in [-0.15, -0.1) is 0 Å². The van der Waals surface area contributed by atoms with Crippen molar-refractivity contribution in [2.45, 2.75) is 32.8 Å². The maximum atomic E-state index is 13.2. The summed E-state index contributed by atoms with van der Waals surface area (Å²) in [6.45, 7) is 5.63. The highest BCUT2D eigenvalue weighted by molar-refractivity contribution is 8.26. The van der Waals surface area contributed by atoms with Crippen molar-refractivity contribution in [1.82, 2.24) is 14.3 Å². The number of aromatic nitrogens is 2. The quantitative estimate of drug-likeness (QED) is 0.577. The van der Waals surface area contributed by atoms with Gasteiger partial charge in [0.1, 0.15) is 15.8 Å². The molecule has 2 aliphatic heterocycles. The van der Waals surface area contributed by atoms with E-state index in [0.717, 1.165) is 25.0 Å². The van der Waals surface area contributed by atoms with Crippen molar-refractivity contribution in [3.63, 3.8) is 0 Å². The third-order valence-corrected chi connectivity index (χ3v) is 6.29. The molecular weight excluding hydrogens is 408 g/mol. The SMILES string of the molecule is CCNc1nc2ccc(C)cn2c(=O)c1C=C1SC(=S)N(CC2CCCO2)C1=O. The molecule has 9 heteroatoms. The molecule has 0 saturated carbocycles. The maximum absolute atomic E-state index is 13.2. The van der Waals surface area contributed by atoms with Gasteiger partial charge in [0.15, 0.2) is 0 Å². The van der Waals surface area contributed by atoms with Gasteiger partial charge < -0.3 is 10.1 Å². The fourth-order valence-electron chi connectivity index (χ4n) is 3.47. The van der Waals surface area contributed by atoms with Crippen LogP contribution >= 0.6 is 24.0 Å². The van der Waals surface area contributed by atoms with Gasteiger partial charge >= 0.3 is 0 Å². The van der Waals surface area contributed by atoms with E-state index in [9.17, 15) is 9.59 Å². The van der Waals surface area contributed by atoms with Crippen molar-refractivity contribution in [1.29, 1.82) is 0 Å². The van der Waals surface area contributed by atoms with E-state index in [1.54, 1.807) is 17.2 Å². The van der Waals surface area contributed by atoms with Crippen molar-refractivity contribution in [2.24, 2.45) is 0 Å². The van der Waals surface area contributed by atoms with Gasteiger partial charge in [-0.2, -0.15) is 0 Å². The lowest BCUT2D eigenvalue weighted by molar-refractivity contribution is -0.123. The highest BCUT2D eigenvalue weighted by atomic mass is 32.2. The molecule has 1 amide bonds. The van der Waals surface area contributed by atoms with Crippen molar-refractivity contribution < 1.29 is 9.53 Å². The van der Waals surface area contributed by atoms with Gasteiger partial charge in [-0.1, -0.05) is 30.0 Å². The zero-order valence-electron chi connectivity index (χ0n) is 16.3. The molecule has 0 spiro atoms. The molecule has 1 N–H and O–H groups in total. The molecule has 2 fully saturated rings. The second-order valence-corrected chi connectivity index (χ2v) is 8.75. The summed E-state index contributed by atoms with van der Waals surface area (Å²) < 4.78 is 7.64. The number of fused-ring (bicyclic) bond motifs is 1. The number of carbonyl (C=O) groups is 1. The number of anilines is 1. The van der Waals surface area contributed by atoms with Crippen molar-refractivity contribution in [3.05, 3.63) is 44.7 Å². The Labute approximate surface area is 178 Å². The number of hydrogen-bond acceptors (Lipinski definition) is 7. The third-order valence-electron chi connectivity index (χ3n) is 4.91. The molecule has 2 aromatic heterocycles. The predicted octanol–water partition coefficient (Wildman–Crippen LogP) is 2.81. The highest BCUT2D eigenvalue weighted by Crippen LogP contribution is 2.34. The molecule has 0 bridgehead atoms. The van der Waals surface area contributed by atoms with Gasteiger partial charge in [0.05, 0.1) is 23.1 Å². The third kappa shape index (κ3) is 3.94. The molecule has 2 saturated heterocycles. The number of ether oxygens (including phenoxy) is 1. The zero-order chi connectivity index (χ0) is 20.5. The Bertz CT molecular complexity index is 1070. The van der Waals surface area contributed by atoms with Crippen LogP contribution in [-0.2, 0) is 9.53 Å². The summed E-state index contributed by atoms with van der Waals surface area (Å²) in [5, 5.41) is 3.14. The van der Waals surface area contributed by atoms with E-state index in [0.29, 0.717) is 39.3 Å². The minimum absolute atomic E-state index is 0.0186. The molecule has 0 aromatic carbocycles. The Kier molecular flexibility index (Phi) is 5.71. The number of pyridine rings is 1. The van der Waals surface area contributed by atoms with Crippen LogP contribution in [0.1, 0.15) is 30.9 Å². The molecule has 29 heavy (non-hydrogen) atoms. The lowest BCUT2D eigenvalue weighted by atomic mass is 10.2. The Morgan fingerprint density at radius 2 is 2.24 bits per heavy atom. The molecule has 7 nitrogen and oxygen atoms in total. The molecule has 4 heterocycles. The largest absolute Gasteiger partial charge is 0.376 e. The number of thioether (sulfide) groups is 1. The van der Waals surface area contributed by atoms with E-state index in [2.05, 4.69) is 10.3 Å². The fourth-order valence-corrected chi connectivity index (χ4v) is 4.73. The number of thiocarbonyl (C=S) groups is 1. The molecule has 2 aromatic rings. The first-order chi connectivity index (χ1) is 14.0. The number of nitrogens with zero attached hydrogens (tertiary/aromatic N) is 3. The van der Waals surface area contributed by atoms with E-state index in [1.807, 2.05) is 26.0 Å². The number of nitrogens with one attached hydrogen (secondary N) is 1. The molecule has 152 valence electrons. The molecule has 2 aliphatic rings. The van der Waals surface area contributed by atoms with E-state index < -0.39 is 0 Å². The van der Waals surface area contributed by atoms with Crippen molar-refractivity contribution >= 4 is 51.7 Å². The van der Waals surface area contributed by atoms with Crippen LogP contribution in [-0.4, -0.2) is 50.3 Å². The van der Waals surface area contributed by atoms with Crippen molar-refractivity contribution in [2.75, 3.05) is 25.0 Å². The lowest BCUT2D eigenvalue weighted by Crippen LogP contribution is -2.35. The van der Waals surface area contributed by atoms with Gasteiger partial charge in [-0.3, -0.25) is 18.9 Å². The van der Waals surface area contributed by atoms with Crippen LogP contribution in [0.25, 0.3) is 11.7 Å². The van der Waals surface area contributed by atoms with E-state index in [1.165, 1.54) is 16.2 Å². The normalized spacial score (nSPS) is 21.0. The molecule has 1 unspecified atom stereocenters. The zero-order valence-corrected chi connectivity index (χ0v) is 17.9. The summed E-state index contributed by atoms with van der Waals surface area (Å²) in [5.41, 5.74) is 1.64. The summed E-state index contributed by atoms with van der Waals surface area (Å²) in [6, 6.07) is 3.72. The number of rotatable bonds is 5. The van der Waals surface area contributed by atoms with Crippen LogP contribution in [0, 0.1) is 6.92 Å². The predicted molar refractivity (Wildman–Crippen MR) is 119 cm³/mol. The molecule has 0 radical (unpaired) electrons. The maximum Gasteiger partial charge on any atom is 0.267 e. The van der Waals surface area contributed by atoms with E-state index in [4.69, 9.17) is 17.0 Å². The average Bonchev–Trinajstić information content (AvgIpc) is 3.30. The van der Waals surface area contributed by atoms with E-state index >= 15 is 0 Å². The van der Waals surface area contributed by atoms with Crippen LogP contribution in [0.4, 0.5) is 5.82 Å². The van der Waals surface area contributed by atoms with Gasteiger partial charge in [0.25, 0.3) is 11.5 Å². The second-order valence-electron chi connectivity index (χ2n) is 7.07. The standard InChI is InChI=1S/C20H22N4O3S2/c1-3-21-17-14(18(25)23-10-12(2)6-7-16(23)22-17)9-15-19(26)24(20(28)29-15)11-13-5-4-8-27-13/h6-7,9-10,13,21H,3-5,8,11H2,1-2H3. The van der Waals surface area contributed by atoms with E-state index in [-0.39, 0.29) is 17.6 Å². The first-order valence-corrected chi connectivity index (χ1v) is 10.8. The van der Waals surface area contributed by atoms with Gasteiger partial charge in [0.2, 0.25) is 0 Å². The smallest absolute Gasteiger partial charge is 0.267 e. The lowest BCUT2D eigenvalue weighted by Gasteiger charge is -2.18. The van der Waals surface area contributed by atoms with Crippen LogP contribution in [0.3, 0.4) is 0 Å². The average molecular weight is 431 g/mol. The second kappa shape index (κ2) is 8.25. The number of amides is 1. The fraction of sp³-hybridized carbons (Fsp3) is 0.400. The molecular formula is C20H22N4O3S2. The number of carbonyl (C=O) groups excluding carboxylic acids is 1. The Hall–Kier alpha value is -2.23. The van der Waals surface area contributed by atoms with Crippen LogP contribution in [0.15, 0.2) is 28.0 Å². The molecule has 0 aliphatic carbocycles. The summed E-state index contributed by atoms with van der Waals surface area (Å²) >= 11 is 6.63. The topological polar surface area (TPSA) is 75.9 Å². The molecule has 1 atom stereocenters. The minimum Gasteiger partial charge on any atom is -0.376 e. The number of aryl methyl sites for hydroxylation is 1.